The third kappa shape index (κ3) is 4.77. The first kappa shape index (κ1) is 19.4. The molecule has 9 heteroatoms. The van der Waals surface area contributed by atoms with Gasteiger partial charge in [-0.3, -0.25) is 4.28 Å². The molecule has 0 aliphatic rings. The summed E-state index contributed by atoms with van der Waals surface area (Å²) < 4.78 is 69.2. The summed E-state index contributed by atoms with van der Waals surface area (Å²) in [5.41, 5.74) is -1.12. The lowest BCUT2D eigenvalue weighted by molar-refractivity contribution is 0.164. The van der Waals surface area contributed by atoms with Gasteiger partial charge in [0, 0.05) is 5.56 Å². The first-order valence-electron chi connectivity index (χ1n) is 7.18. The van der Waals surface area contributed by atoms with E-state index >= 15 is 0 Å². The molecule has 0 radical (unpaired) electrons. The van der Waals surface area contributed by atoms with Crippen molar-refractivity contribution in [3.8, 4) is 0 Å². The van der Waals surface area contributed by atoms with Crippen LogP contribution in [0.15, 0.2) is 70.7 Å². The van der Waals surface area contributed by atoms with Crippen LogP contribution in [0.5, 0.6) is 0 Å². The van der Waals surface area contributed by atoms with Crippen molar-refractivity contribution < 1.29 is 26.0 Å². The Labute approximate surface area is 147 Å². The number of alkyl halides is 2. The van der Waals surface area contributed by atoms with Crippen molar-refractivity contribution in [1.29, 1.82) is 0 Å². The second-order valence-electron chi connectivity index (χ2n) is 4.83. The van der Waals surface area contributed by atoms with Gasteiger partial charge < -0.3 is 4.55 Å². The molecule has 0 saturated carbocycles. The van der Waals surface area contributed by atoms with Gasteiger partial charge in [0.1, 0.15) is 0 Å². The highest BCUT2D eigenvalue weighted by Gasteiger charge is 2.52. The molecule has 0 fully saturated rings. The van der Waals surface area contributed by atoms with Crippen molar-refractivity contribution in [3.63, 3.8) is 0 Å². The number of benzene rings is 2. The molecule has 0 aliphatic carbocycles. The molecule has 2 rings (SSSR count). The number of nitrogens with zero attached hydrogens (tertiary/aromatic N) is 1. The molecule has 0 spiro atoms. The zero-order valence-electron chi connectivity index (χ0n) is 13.1. The van der Waals surface area contributed by atoms with Gasteiger partial charge in [-0.2, -0.15) is 8.42 Å². The summed E-state index contributed by atoms with van der Waals surface area (Å²) in [6, 6.07) is 14.3. The van der Waals surface area contributed by atoms with Crippen LogP contribution in [0, 0.1) is 0 Å². The normalized spacial score (nSPS) is 14.2. The van der Waals surface area contributed by atoms with Crippen molar-refractivity contribution >= 4 is 27.0 Å². The molecule has 5 nitrogen and oxygen atoms in total. The van der Waals surface area contributed by atoms with E-state index in [4.69, 9.17) is 0 Å². The van der Waals surface area contributed by atoms with Gasteiger partial charge in [-0.05, 0) is 19.1 Å². The van der Waals surface area contributed by atoms with Gasteiger partial charge in [0.05, 0.1) is 16.9 Å². The third-order valence-corrected chi connectivity index (χ3v) is 5.48. The molecule has 0 amide bonds. The zero-order chi connectivity index (χ0) is 18.5. The number of oxime groups is 1. The first-order valence-corrected chi connectivity index (χ1v) is 9.90. The monoisotopic (exact) mass is 387 g/mol. The highest BCUT2D eigenvalue weighted by Crippen LogP contribution is 2.33. The highest BCUT2D eigenvalue weighted by molar-refractivity contribution is 7.93. The molecule has 134 valence electrons. The fraction of sp³-hybridized carbons (Fsp3) is 0.188. The average molecular weight is 387 g/mol. The average Bonchev–Trinajstić information content (AvgIpc) is 2.62. The lowest BCUT2D eigenvalue weighted by Crippen LogP contribution is -2.39. The molecular formula is C16H15F2NO4S2. The van der Waals surface area contributed by atoms with Gasteiger partial charge in [0.25, 0.3) is 0 Å². The van der Waals surface area contributed by atoms with Crippen LogP contribution in [0.25, 0.3) is 0 Å². The molecule has 2 aromatic carbocycles. The molecular weight excluding hydrogens is 372 g/mol. The molecule has 25 heavy (non-hydrogen) atoms. The Morgan fingerprint density at radius 3 is 2.16 bits per heavy atom. The second-order valence-corrected chi connectivity index (χ2v) is 8.19. The Balaban J connectivity index is 2.48. The Morgan fingerprint density at radius 2 is 1.64 bits per heavy atom. The van der Waals surface area contributed by atoms with Crippen molar-refractivity contribution in [2.75, 3.05) is 5.75 Å². The van der Waals surface area contributed by atoms with Gasteiger partial charge in [0.2, 0.25) is 5.71 Å². The van der Waals surface area contributed by atoms with Gasteiger partial charge in [-0.25, -0.2) is 0 Å². The van der Waals surface area contributed by atoms with E-state index in [0.29, 0.717) is 0 Å². The third-order valence-electron chi connectivity index (χ3n) is 3.11. The van der Waals surface area contributed by atoms with Crippen LogP contribution in [0.2, 0.25) is 0 Å². The lowest BCUT2D eigenvalue weighted by Gasteiger charge is -2.21. The summed E-state index contributed by atoms with van der Waals surface area (Å²) in [5.74, 6) is -0.439. The maximum atomic E-state index is 14.8. The van der Waals surface area contributed by atoms with E-state index in [0.717, 1.165) is 0 Å². The summed E-state index contributed by atoms with van der Waals surface area (Å²) in [7, 11) is -4.09. The fourth-order valence-corrected chi connectivity index (χ4v) is 3.12. The van der Waals surface area contributed by atoms with E-state index in [-0.39, 0.29) is 10.5 Å². The van der Waals surface area contributed by atoms with Crippen LogP contribution in [0.3, 0.4) is 0 Å². The Morgan fingerprint density at radius 1 is 1.12 bits per heavy atom. The van der Waals surface area contributed by atoms with Crippen LogP contribution in [-0.4, -0.2) is 29.7 Å². The Bertz CT molecular complexity index is 828. The minimum absolute atomic E-state index is 0.0944. The Kier molecular flexibility index (Phi) is 6.15. The van der Waals surface area contributed by atoms with E-state index in [1.807, 2.05) is 0 Å². The van der Waals surface area contributed by atoms with Crippen molar-refractivity contribution in [3.05, 3.63) is 66.2 Å². The van der Waals surface area contributed by atoms with Gasteiger partial charge >= 0.3 is 15.4 Å². The molecule has 0 aliphatic heterocycles. The lowest BCUT2D eigenvalue weighted by atomic mass is 10.1. The minimum atomic E-state index is -4.09. The van der Waals surface area contributed by atoms with Crippen LogP contribution >= 0.6 is 0 Å². The van der Waals surface area contributed by atoms with E-state index in [9.17, 15) is 21.8 Å². The maximum Gasteiger partial charge on any atom is 0.460 e. The van der Waals surface area contributed by atoms with Crippen LogP contribution in [-0.2, 0) is 25.6 Å². The molecule has 2 aromatic rings. The maximum absolute atomic E-state index is 14.8. The Hall–Kier alpha value is -1.97. The van der Waals surface area contributed by atoms with Crippen LogP contribution < -0.4 is 0 Å². The quantitative estimate of drug-likeness (QED) is 0.415. The molecule has 1 unspecified atom stereocenters. The van der Waals surface area contributed by atoms with Crippen LogP contribution in [0.1, 0.15) is 12.5 Å². The summed E-state index contributed by atoms with van der Waals surface area (Å²) in [4.78, 5) is -0.116. The van der Waals surface area contributed by atoms with Crippen molar-refractivity contribution in [2.24, 2.45) is 5.16 Å². The number of hydrogen-bond donors (Lipinski definition) is 0. The van der Waals surface area contributed by atoms with E-state index in [1.165, 1.54) is 55.5 Å². The molecule has 1 atom stereocenters. The molecule has 0 heterocycles. The van der Waals surface area contributed by atoms with Gasteiger partial charge in [-0.1, -0.05) is 53.7 Å². The summed E-state index contributed by atoms with van der Waals surface area (Å²) in [6.45, 7) is 1.29. The van der Waals surface area contributed by atoms with E-state index < -0.39 is 38.0 Å². The van der Waals surface area contributed by atoms with Gasteiger partial charge in [0.15, 0.2) is 4.90 Å². The minimum Gasteiger partial charge on any atom is -0.606 e. The smallest absolute Gasteiger partial charge is 0.460 e. The summed E-state index contributed by atoms with van der Waals surface area (Å²) in [5, 5.41) is -0.826. The van der Waals surface area contributed by atoms with E-state index in [2.05, 4.69) is 9.44 Å². The topological polar surface area (TPSA) is 78.8 Å². The van der Waals surface area contributed by atoms with Crippen LogP contribution in [0.4, 0.5) is 8.78 Å². The molecule has 0 saturated heterocycles. The SMILES string of the molecule is CCS(=O)(=O)ON=C(c1ccccc1)C(F)(F)[S+]([O-])c1ccccc1. The second kappa shape index (κ2) is 7.94. The number of hydrogen-bond acceptors (Lipinski definition) is 5. The first-order chi connectivity index (χ1) is 11.8. The van der Waals surface area contributed by atoms with E-state index in [1.54, 1.807) is 12.1 Å². The largest absolute Gasteiger partial charge is 0.606 e. The van der Waals surface area contributed by atoms with Gasteiger partial charge in [-0.15, -0.1) is 8.78 Å². The predicted molar refractivity (Wildman–Crippen MR) is 91.3 cm³/mol. The molecule has 0 aromatic heterocycles. The van der Waals surface area contributed by atoms with Crippen molar-refractivity contribution in [2.45, 2.75) is 17.1 Å². The number of halogens is 2. The standard InChI is InChI=1S/C16H15F2NO4S2/c1-2-25(21,22)23-19-15(13-9-5-3-6-10-13)16(17,18)24(20)14-11-7-4-8-12-14/h3-12H,2H2,1H3. The van der Waals surface area contributed by atoms with Crippen molar-refractivity contribution in [1.82, 2.24) is 0 Å². The zero-order valence-corrected chi connectivity index (χ0v) is 14.8. The summed E-state index contributed by atoms with van der Waals surface area (Å²) in [6.07, 6.45) is 0. The molecule has 0 bridgehead atoms. The number of rotatable bonds is 7. The summed E-state index contributed by atoms with van der Waals surface area (Å²) >= 11 is -2.79. The highest BCUT2D eigenvalue weighted by atomic mass is 32.2. The fourth-order valence-electron chi connectivity index (χ4n) is 1.80. The molecule has 0 N–H and O–H groups in total. The predicted octanol–water partition coefficient (Wildman–Crippen LogP) is 3.16.